The van der Waals surface area contributed by atoms with E-state index in [0.717, 1.165) is 18.9 Å². The Morgan fingerprint density at radius 3 is 2.88 bits per heavy atom. The predicted molar refractivity (Wildman–Crippen MR) is 58.7 cm³/mol. The molecule has 90 valence electrons. The number of esters is 1. The molecule has 0 amide bonds. The quantitative estimate of drug-likeness (QED) is 0.653. The summed E-state index contributed by atoms with van der Waals surface area (Å²) in [4.78, 5) is 17.3. The third kappa shape index (κ3) is 3.30. The Bertz CT molecular complexity index is 337. The van der Waals surface area contributed by atoms with Crippen LogP contribution in [-0.2, 0) is 22.6 Å². The van der Waals surface area contributed by atoms with Gasteiger partial charge in [0.2, 0.25) is 0 Å². The van der Waals surface area contributed by atoms with Crippen molar-refractivity contribution in [1.29, 1.82) is 0 Å². The van der Waals surface area contributed by atoms with Crippen LogP contribution in [0.15, 0.2) is 6.33 Å². The van der Waals surface area contributed by atoms with Gasteiger partial charge < -0.3 is 4.74 Å². The highest BCUT2D eigenvalue weighted by Crippen LogP contribution is 2.01. The van der Waals surface area contributed by atoms with Gasteiger partial charge in [0.05, 0.1) is 20.2 Å². The summed E-state index contributed by atoms with van der Waals surface area (Å²) in [5, 5.41) is 4.08. The first-order valence-corrected chi connectivity index (χ1v) is 5.37. The first kappa shape index (κ1) is 12.6. The number of likely N-dealkylation sites (N-methyl/N-ethyl adjacent to an activating group) is 1. The molecule has 0 unspecified atom stereocenters. The van der Waals surface area contributed by atoms with E-state index in [1.54, 1.807) is 0 Å². The fourth-order valence-electron chi connectivity index (χ4n) is 1.40. The Balaban J connectivity index is 2.59. The number of ether oxygens (including phenoxy) is 1. The van der Waals surface area contributed by atoms with E-state index in [1.807, 2.05) is 23.4 Å². The highest BCUT2D eigenvalue weighted by atomic mass is 16.5. The van der Waals surface area contributed by atoms with Crippen molar-refractivity contribution < 1.29 is 9.53 Å². The van der Waals surface area contributed by atoms with Crippen molar-refractivity contribution in [2.24, 2.45) is 0 Å². The zero-order chi connectivity index (χ0) is 12.0. The van der Waals surface area contributed by atoms with Gasteiger partial charge in [-0.25, -0.2) is 9.67 Å². The predicted octanol–water partition coefficient (Wildman–Crippen LogP) is 0.293. The minimum Gasteiger partial charge on any atom is -0.468 e. The summed E-state index contributed by atoms with van der Waals surface area (Å²) in [6, 6.07) is 0. The van der Waals surface area contributed by atoms with Crippen molar-refractivity contribution in [2.45, 2.75) is 26.9 Å². The van der Waals surface area contributed by atoms with E-state index < -0.39 is 0 Å². The lowest BCUT2D eigenvalue weighted by Crippen LogP contribution is -2.31. The van der Waals surface area contributed by atoms with Crippen LogP contribution >= 0.6 is 0 Å². The summed E-state index contributed by atoms with van der Waals surface area (Å²) in [5.74, 6) is 0.637. The molecule has 0 aromatic carbocycles. The van der Waals surface area contributed by atoms with Gasteiger partial charge in [0.15, 0.2) is 0 Å². The van der Waals surface area contributed by atoms with Gasteiger partial charge in [0.25, 0.3) is 0 Å². The Morgan fingerprint density at radius 1 is 1.56 bits per heavy atom. The zero-order valence-electron chi connectivity index (χ0n) is 10.0. The number of carbonyl (C=O) groups is 1. The van der Waals surface area contributed by atoms with Crippen molar-refractivity contribution in [3.8, 4) is 0 Å². The molecule has 6 heteroatoms. The Labute approximate surface area is 95.2 Å². The first-order valence-electron chi connectivity index (χ1n) is 5.37. The molecule has 6 nitrogen and oxygen atoms in total. The lowest BCUT2D eigenvalue weighted by atomic mass is 10.4. The van der Waals surface area contributed by atoms with E-state index in [4.69, 9.17) is 0 Å². The van der Waals surface area contributed by atoms with E-state index in [1.165, 1.54) is 13.4 Å². The van der Waals surface area contributed by atoms with Crippen molar-refractivity contribution in [3.05, 3.63) is 12.2 Å². The Morgan fingerprint density at radius 2 is 2.31 bits per heavy atom. The van der Waals surface area contributed by atoms with Crippen LogP contribution in [0.5, 0.6) is 0 Å². The summed E-state index contributed by atoms with van der Waals surface area (Å²) in [6.45, 7) is 6.45. The summed E-state index contributed by atoms with van der Waals surface area (Å²) in [5.41, 5.74) is 0. The summed E-state index contributed by atoms with van der Waals surface area (Å²) in [6.07, 6.45) is 1.53. The molecule has 1 heterocycles. The smallest absolute Gasteiger partial charge is 0.319 e. The maximum atomic E-state index is 11.2. The maximum Gasteiger partial charge on any atom is 0.319 e. The van der Waals surface area contributed by atoms with Gasteiger partial charge in [-0.15, -0.1) is 0 Å². The minimum absolute atomic E-state index is 0.232. The van der Waals surface area contributed by atoms with Crippen molar-refractivity contribution in [1.82, 2.24) is 19.7 Å². The third-order valence-corrected chi connectivity index (χ3v) is 2.39. The lowest BCUT2D eigenvalue weighted by molar-refractivity contribution is -0.142. The number of hydrogen-bond acceptors (Lipinski definition) is 5. The Kier molecular flexibility index (Phi) is 4.91. The van der Waals surface area contributed by atoms with Crippen molar-refractivity contribution >= 4 is 5.97 Å². The van der Waals surface area contributed by atoms with Crippen molar-refractivity contribution in [2.75, 3.05) is 20.2 Å². The van der Waals surface area contributed by atoms with Gasteiger partial charge in [-0.1, -0.05) is 6.92 Å². The van der Waals surface area contributed by atoms with Crippen LogP contribution in [0.1, 0.15) is 19.7 Å². The molecule has 0 bridgehead atoms. The van der Waals surface area contributed by atoms with Gasteiger partial charge in [-0.2, -0.15) is 5.10 Å². The Hall–Kier alpha value is -1.43. The minimum atomic E-state index is -0.232. The second-order valence-corrected chi connectivity index (χ2v) is 3.37. The second kappa shape index (κ2) is 6.22. The standard InChI is InChI=1S/C10H18N4O2/c1-4-13(7-10(15)16-3)6-9-11-8-12-14(9)5-2/h8H,4-7H2,1-3H3. The van der Waals surface area contributed by atoms with Crippen LogP contribution in [-0.4, -0.2) is 45.8 Å². The molecule has 0 spiro atoms. The average molecular weight is 226 g/mol. The van der Waals surface area contributed by atoms with Crippen LogP contribution in [0.4, 0.5) is 0 Å². The number of aryl methyl sites for hydroxylation is 1. The molecule has 1 aromatic rings. The first-order chi connectivity index (χ1) is 7.71. The number of aromatic nitrogens is 3. The molecule has 0 radical (unpaired) electrons. The van der Waals surface area contributed by atoms with Gasteiger partial charge in [0, 0.05) is 6.54 Å². The zero-order valence-corrected chi connectivity index (χ0v) is 10.0. The van der Waals surface area contributed by atoms with Crippen LogP contribution in [0.3, 0.4) is 0 Å². The average Bonchev–Trinajstić information content (AvgIpc) is 2.75. The summed E-state index contributed by atoms with van der Waals surface area (Å²) in [7, 11) is 1.39. The lowest BCUT2D eigenvalue weighted by Gasteiger charge is -2.18. The van der Waals surface area contributed by atoms with Gasteiger partial charge in [-0.3, -0.25) is 9.69 Å². The third-order valence-electron chi connectivity index (χ3n) is 2.39. The molecule has 0 fully saturated rings. The molecule has 0 saturated carbocycles. The molecule has 16 heavy (non-hydrogen) atoms. The fourth-order valence-corrected chi connectivity index (χ4v) is 1.40. The van der Waals surface area contributed by atoms with E-state index >= 15 is 0 Å². The van der Waals surface area contributed by atoms with Gasteiger partial charge >= 0.3 is 5.97 Å². The fraction of sp³-hybridized carbons (Fsp3) is 0.700. The normalized spacial score (nSPS) is 10.8. The highest BCUT2D eigenvalue weighted by molar-refractivity contribution is 5.71. The molecule has 0 saturated heterocycles. The van der Waals surface area contributed by atoms with E-state index in [2.05, 4.69) is 14.8 Å². The van der Waals surface area contributed by atoms with Gasteiger partial charge in [-0.05, 0) is 13.5 Å². The molecule has 0 aliphatic heterocycles. The number of rotatable bonds is 6. The maximum absolute atomic E-state index is 11.2. The topological polar surface area (TPSA) is 60.3 Å². The van der Waals surface area contributed by atoms with E-state index in [-0.39, 0.29) is 12.5 Å². The molecule has 0 N–H and O–H groups in total. The number of carbonyl (C=O) groups excluding carboxylic acids is 1. The second-order valence-electron chi connectivity index (χ2n) is 3.37. The number of methoxy groups -OCH3 is 1. The number of nitrogens with zero attached hydrogens (tertiary/aromatic N) is 4. The van der Waals surface area contributed by atoms with Gasteiger partial charge in [0.1, 0.15) is 12.2 Å². The molecule has 0 aliphatic rings. The molecule has 0 aliphatic carbocycles. The van der Waals surface area contributed by atoms with E-state index in [9.17, 15) is 4.79 Å². The van der Waals surface area contributed by atoms with Crippen LogP contribution in [0, 0.1) is 0 Å². The molecule has 1 aromatic heterocycles. The van der Waals surface area contributed by atoms with Crippen LogP contribution in [0.25, 0.3) is 0 Å². The van der Waals surface area contributed by atoms with Crippen molar-refractivity contribution in [3.63, 3.8) is 0 Å². The molecular weight excluding hydrogens is 208 g/mol. The number of hydrogen-bond donors (Lipinski definition) is 0. The van der Waals surface area contributed by atoms with Crippen LogP contribution < -0.4 is 0 Å². The summed E-state index contributed by atoms with van der Waals surface area (Å²) < 4.78 is 6.45. The molecule has 0 atom stereocenters. The summed E-state index contributed by atoms with van der Waals surface area (Å²) >= 11 is 0. The SMILES string of the molecule is CCN(CC(=O)OC)Cc1ncnn1CC. The largest absolute Gasteiger partial charge is 0.468 e. The molecular formula is C10H18N4O2. The molecule has 1 rings (SSSR count). The highest BCUT2D eigenvalue weighted by Gasteiger charge is 2.12. The monoisotopic (exact) mass is 226 g/mol. The van der Waals surface area contributed by atoms with E-state index in [0.29, 0.717) is 6.54 Å². The van der Waals surface area contributed by atoms with Crippen LogP contribution in [0.2, 0.25) is 0 Å².